The smallest absolute Gasteiger partial charge is 0.0491 e. The topological polar surface area (TPSA) is 30.9 Å². The van der Waals surface area contributed by atoms with E-state index in [0.29, 0.717) is 0 Å². The van der Waals surface area contributed by atoms with Crippen LogP contribution in [-0.4, -0.2) is 11.1 Å². The van der Waals surface area contributed by atoms with Crippen LogP contribution >= 0.6 is 0 Å². The molecule has 0 atom stereocenters. The Hall–Kier alpha value is -1.80. The number of fused-ring (bicyclic) bond motifs is 3. The third-order valence-corrected chi connectivity index (χ3v) is 3.65. The summed E-state index contributed by atoms with van der Waals surface area (Å²) in [6.45, 7) is 0.757. The molecule has 0 aliphatic carbocycles. The van der Waals surface area contributed by atoms with E-state index in [9.17, 15) is 0 Å². The first-order chi connectivity index (χ1) is 8.81. The summed E-state index contributed by atoms with van der Waals surface area (Å²) in [4.78, 5) is 0. The van der Waals surface area contributed by atoms with Gasteiger partial charge in [0.1, 0.15) is 0 Å². The second-order valence-electron chi connectivity index (χ2n) is 4.82. The monoisotopic (exact) mass is 238 g/mol. The van der Waals surface area contributed by atoms with Crippen LogP contribution in [0, 0.1) is 0 Å². The zero-order chi connectivity index (χ0) is 12.5. The van der Waals surface area contributed by atoms with Gasteiger partial charge in [-0.1, -0.05) is 30.3 Å². The lowest BCUT2D eigenvalue weighted by Crippen LogP contribution is -2.00. The molecule has 3 rings (SSSR count). The lowest BCUT2D eigenvalue weighted by Gasteiger charge is -2.02. The number of benzene rings is 2. The van der Waals surface area contributed by atoms with Crippen LogP contribution in [0.3, 0.4) is 0 Å². The molecule has 0 bridgehead atoms. The number of nitrogens with two attached hydrogens (primary N) is 1. The highest BCUT2D eigenvalue weighted by Gasteiger charge is 2.07. The van der Waals surface area contributed by atoms with E-state index < -0.39 is 0 Å². The van der Waals surface area contributed by atoms with Crippen LogP contribution in [0.1, 0.15) is 12.0 Å². The van der Waals surface area contributed by atoms with Gasteiger partial charge in [-0.25, -0.2) is 0 Å². The van der Waals surface area contributed by atoms with Crippen molar-refractivity contribution < 1.29 is 0 Å². The first-order valence-corrected chi connectivity index (χ1v) is 6.47. The first kappa shape index (κ1) is 11.3. The highest BCUT2D eigenvalue weighted by Crippen LogP contribution is 2.28. The molecule has 0 saturated carbocycles. The predicted octanol–water partition coefficient (Wildman–Crippen LogP) is 3.22. The number of aromatic nitrogens is 1. The van der Waals surface area contributed by atoms with Crippen molar-refractivity contribution in [2.75, 3.05) is 6.54 Å². The van der Waals surface area contributed by atoms with Crippen LogP contribution in [0.15, 0.2) is 42.5 Å². The van der Waals surface area contributed by atoms with Gasteiger partial charge in [0, 0.05) is 28.9 Å². The Morgan fingerprint density at radius 1 is 1.00 bits per heavy atom. The van der Waals surface area contributed by atoms with Gasteiger partial charge < -0.3 is 10.3 Å². The van der Waals surface area contributed by atoms with Crippen LogP contribution in [0.5, 0.6) is 0 Å². The van der Waals surface area contributed by atoms with Gasteiger partial charge >= 0.3 is 0 Å². The Morgan fingerprint density at radius 3 is 2.61 bits per heavy atom. The minimum absolute atomic E-state index is 0.757. The van der Waals surface area contributed by atoms with Crippen molar-refractivity contribution in [3.05, 3.63) is 48.0 Å². The molecule has 0 unspecified atom stereocenters. The maximum atomic E-state index is 5.57. The summed E-state index contributed by atoms with van der Waals surface area (Å²) < 4.78 is 2.27. The van der Waals surface area contributed by atoms with Gasteiger partial charge in [-0.05, 0) is 37.1 Å². The van der Waals surface area contributed by atoms with E-state index in [1.54, 1.807) is 0 Å². The van der Waals surface area contributed by atoms with Crippen molar-refractivity contribution in [1.29, 1.82) is 0 Å². The SMILES string of the molecule is Cn1c2ccccc2c2ccc(CCCN)cc21. The molecule has 1 heterocycles. The molecule has 2 aromatic carbocycles. The maximum Gasteiger partial charge on any atom is 0.0491 e. The number of rotatable bonds is 3. The molecule has 0 amide bonds. The largest absolute Gasteiger partial charge is 0.344 e. The van der Waals surface area contributed by atoms with E-state index in [1.807, 2.05) is 0 Å². The molecule has 0 aliphatic rings. The molecule has 0 fully saturated rings. The van der Waals surface area contributed by atoms with E-state index in [-0.39, 0.29) is 0 Å². The summed E-state index contributed by atoms with van der Waals surface area (Å²) in [7, 11) is 2.14. The molecule has 0 radical (unpaired) electrons. The second-order valence-corrected chi connectivity index (χ2v) is 4.82. The van der Waals surface area contributed by atoms with Gasteiger partial charge in [0.15, 0.2) is 0 Å². The Kier molecular flexibility index (Phi) is 2.80. The Labute approximate surface area is 107 Å². The van der Waals surface area contributed by atoms with Crippen LogP contribution in [-0.2, 0) is 13.5 Å². The Bertz CT molecular complexity index is 695. The van der Waals surface area contributed by atoms with E-state index in [4.69, 9.17) is 5.73 Å². The summed E-state index contributed by atoms with van der Waals surface area (Å²) in [6.07, 6.45) is 2.11. The van der Waals surface area contributed by atoms with Crippen LogP contribution < -0.4 is 5.73 Å². The van der Waals surface area contributed by atoms with E-state index in [1.165, 1.54) is 27.4 Å². The summed E-state index contributed by atoms with van der Waals surface area (Å²) in [5.74, 6) is 0. The number of para-hydroxylation sites is 1. The molecule has 3 aromatic rings. The second kappa shape index (κ2) is 4.46. The van der Waals surface area contributed by atoms with E-state index in [0.717, 1.165) is 19.4 Å². The summed E-state index contributed by atoms with van der Waals surface area (Å²) in [5.41, 5.74) is 9.55. The minimum atomic E-state index is 0.757. The van der Waals surface area contributed by atoms with Crippen molar-refractivity contribution in [3.8, 4) is 0 Å². The normalized spacial score (nSPS) is 11.4. The van der Waals surface area contributed by atoms with Crippen molar-refractivity contribution in [2.24, 2.45) is 12.8 Å². The number of nitrogens with zero attached hydrogens (tertiary/aromatic N) is 1. The molecular formula is C16H18N2. The molecule has 2 nitrogen and oxygen atoms in total. The first-order valence-electron chi connectivity index (χ1n) is 6.47. The Morgan fingerprint density at radius 2 is 1.78 bits per heavy atom. The molecule has 2 N–H and O–H groups in total. The van der Waals surface area contributed by atoms with Gasteiger partial charge in [-0.15, -0.1) is 0 Å². The third-order valence-electron chi connectivity index (χ3n) is 3.65. The molecule has 0 spiro atoms. The lowest BCUT2D eigenvalue weighted by molar-refractivity contribution is 0.833. The minimum Gasteiger partial charge on any atom is -0.344 e. The zero-order valence-electron chi connectivity index (χ0n) is 10.7. The van der Waals surface area contributed by atoms with Gasteiger partial charge in [0.2, 0.25) is 0 Å². The maximum absolute atomic E-state index is 5.57. The summed E-state index contributed by atoms with van der Waals surface area (Å²) >= 11 is 0. The molecular weight excluding hydrogens is 220 g/mol. The quantitative estimate of drug-likeness (QED) is 0.746. The molecule has 0 aliphatic heterocycles. The number of hydrogen-bond acceptors (Lipinski definition) is 1. The molecule has 92 valence electrons. The fraction of sp³-hybridized carbons (Fsp3) is 0.250. The van der Waals surface area contributed by atoms with Crippen molar-refractivity contribution >= 4 is 21.8 Å². The molecule has 2 heteroatoms. The highest BCUT2D eigenvalue weighted by molar-refractivity contribution is 6.08. The standard InChI is InChI=1S/C16H18N2/c1-18-15-7-3-2-6-13(15)14-9-8-12(5-4-10-17)11-16(14)18/h2-3,6-9,11H,4-5,10,17H2,1H3. The third kappa shape index (κ3) is 1.70. The fourth-order valence-corrected chi connectivity index (χ4v) is 2.67. The number of hydrogen-bond donors (Lipinski definition) is 1. The Balaban J connectivity index is 2.22. The van der Waals surface area contributed by atoms with Crippen LogP contribution in [0.2, 0.25) is 0 Å². The van der Waals surface area contributed by atoms with Crippen LogP contribution in [0.25, 0.3) is 21.8 Å². The fourth-order valence-electron chi connectivity index (χ4n) is 2.67. The lowest BCUT2D eigenvalue weighted by atomic mass is 10.1. The van der Waals surface area contributed by atoms with Gasteiger partial charge in [-0.2, -0.15) is 0 Å². The van der Waals surface area contributed by atoms with Crippen molar-refractivity contribution in [2.45, 2.75) is 12.8 Å². The van der Waals surface area contributed by atoms with Crippen molar-refractivity contribution in [1.82, 2.24) is 4.57 Å². The average Bonchev–Trinajstić information content (AvgIpc) is 2.71. The zero-order valence-corrected chi connectivity index (χ0v) is 10.7. The summed E-state index contributed by atoms with van der Waals surface area (Å²) in [5, 5.41) is 2.67. The van der Waals surface area contributed by atoms with Crippen molar-refractivity contribution in [3.63, 3.8) is 0 Å². The summed E-state index contributed by atoms with van der Waals surface area (Å²) in [6, 6.07) is 15.3. The van der Waals surface area contributed by atoms with Gasteiger partial charge in [0.05, 0.1) is 0 Å². The van der Waals surface area contributed by atoms with E-state index >= 15 is 0 Å². The molecule has 0 saturated heterocycles. The van der Waals surface area contributed by atoms with E-state index in [2.05, 4.69) is 54.1 Å². The molecule has 1 aromatic heterocycles. The van der Waals surface area contributed by atoms with Gasteiger partial charge in [-0.3, -0.25) is 0 Å². The average molecular weight is 238 g/mol. The number of aryl methyl sites for hydroxylation is 2. The molecule has 18 heavy (non-hydrogen) atoms. The highest BCUT2D eigenvalue weighted by atomic mass is 14.9. The van der Waals surface area contributed by atoms with Crippen LogP contribution in [0.4, 0.5) is 0 Å². The van der Waals surface area contributed by atoms with Gasteiger partial charge in [0.25, 0.3) is 0 Å². The predicted molar refractivity (Wildman–Crippen MR) is 77.8 cm³/mol.